The average Bonchev–Trinajstić information content (AvgIpc) is 2.84. The van der Waals surface area contributed by atoms with Gasteiger partial charge in [0.25, 0.3) is 0 Å². The predicted octanol–water partition coefficient (Wildman–Crippen LogP) is 2.57. The van der Waals surface area contributed by atoms with Crippen LogP contribution in [-0.4, -0.2) is 19.0 Å². The highest BCUT2D eigenvalue weighted by atomic mass is 16.5. The Balaban J connectivity index is 2.20. The summed E-state index contributed by atoms with van der Waals surface area (Å²) in [5, 5.41) is 0. The lowest BCUT2D eigenvalue weighted by molar-refractivity contribution is -0.120. The van der Waals surface area contributed by atoms with Gasteiger partial charge < -0.3 is 4.74 Å². The Hall–Kier alpha value is -1.93. The summed E-state index contributed by atoms with van der Waals surface area (Å²) in [7, 11) is 0. The second-order valence-electron chi connectivity index (χ2n) is 4.55. The molecule has 3 rings (SSSR count). The predicted molar refractivity (Wildman–Crippen MR) is 69.5 cm³/mol. The number of ketones is 1. The number of hydrogen-bond donors (Lipinski definition) is 0. The number of hydrogen-bond acceptors (Lipinski definition) is 2. The smallest absolute Gasteiger partial charge is 0.175 e. The maximum absolute atomic E-state index is 12.4. The van der Waals surface area contributed by atoms with Crippen molar-refractivity contribution in [2.24, 2.45) is 0 Å². The third-order valence-corrected chi connectivity index (χ3v) is 3.56. The van der Waals surface area contributed by atoms with E-state index < -0.39 is 5.41 Å². The lowest BCUT2D eigenvalue weighted by atomic mass is 9.73. The lowest BCUT2D eigenvalue weighted by Gasteiger charge is -2.26. The van der Waals surface area contributed by atoms with Crippen LogP contribution in [0.25, 0.3) is 0 Å². The highest BCUT2D eigenvalue weighted by Crippen LogP contribution is 2.37. The molecule has 2 heteroatoms. The number of carbonyl (C=O) groups is 1. The van der Waals surface area contributed by atoms with Gasteiger partial charge in [-0.25, -0.2) is 0 Å². The fraction of sp³-hybridized carbons (Fsp3) is 0.188. The summed E-state index contributed by atoms with van der Waals surface area (Å²) < 4.78 is 5.43. The zero-order valence-electron chi connectivity index (χ0n) is 10.0. The highest BCUT2D eigenvalue weighted by Gasteiger charge is 2.45. The normalized spacial score (nSPS) is 17.9. The first kappa shape index (κ1) is 11.2. The van der Waals surface area contributed by atoms with Gasteiger partial charge >= 0.3 is 0 Å². The number of Topliss-reactive ketones (excluding diaryl/α,β-unsaturated/α-hetero) is 1. The van der Waals surface area contributed by atoms with E-state index in [1.807, 2.05) is 60.7 Å². The van der Waals surface area contributed by atoms with Crippen LogP contribution in [0.15, 0.2) is 60.7 Å². The van der Waals surface area contributed by atoms with Gasteiger partial charge in [-0.05, 0) is 11.1 Å². The molecule has 0 bridgehead atoms. The fourth-order valence-electron chi connectivity index (χ4n) is 2.60. The van der Waals surface area contributed by atoms with E-state index in [9.17, 15) is 4.79 Å². The van der Waals surface area contributed by atoms with E-state index in [4.69, 9.17) is 4.74 Å². The average molecular weight is 238 g/mol. The Morgan fingerprint density at radius 3 is 1.72 bits per heavy atom. The van der Waals surface area contributed by atoms with Gasteiger partial charge in [-0.3, -0.25) is 4.79 Å². The van der Waals surface area contributed by atoms with E-state index in [-0.39, 0.29) is 12.4 Å². The van der Waals surface area contributed by atoms with Crippen LogP contribution in [-0.2, 0) is 14.9 Å². The maximum atomic E-state index is 12.4. The molecular formula is C16H14O2. The molecule has 1 heterocycles. The first-order valence-corrected chi connectivity index (χ1v) is 6.06. The monoisotopic (exact) mass is 238 g/mol. The van der Waals surface area contributed by atoms with Gasteiger partial charge in [0.05, 0.1) is 6.61 Å². The van der Waals surface area contributed by atoms with E-state index in [0.717, 1.165) is 11.1 Å². The molecule has 0 aromatic heterocycles. The molecular weight excluding hydrogens is 224 g/mol. The molecule has 90 valence electrons. The summed E-state index contributed by atoms with van der Waals surface area (Å²) in [5.41, 5.74) is 1.40. The summed E-state index contributed by atoms with van der Waals surface area (Å²) >= 11 is 0. The van der Waals surface area contributed by atoms with E-state index in [0.29, 0.717) is 6.61 Å². The molecule has 1 fully saturated rings. The van der Waals surface area contributed by atoms with Crippen LogP contribution in [0, 0.1) is 0 Å². The molecule has 0 radical (unpaired) electrons. The molecule has 0 saturated carbocycles. The highest BCUT2D eigenvalue weighted by molar-refractivity contribution is 5.96. The zero-order valence-corrected chi connectivity index (χ0v) is 10.0. The van der Waals surface area contributed by atoms with Crippen molar-refractivity contribution in [3.63, 3.8) is 0 Å². The molecule has 0 amide bonds. The minimum Gasteiger partial charge on any atom is -0.372 e. The van der Waals surface area contributed by atoms with Gasteiger partial charge in [0.1, 0.15) is 12.0 Å². The molecule has 0 N–H and O–H groups in total. The van der Waals surface area contributed by atoms with Gasteiger partial charge in [-0.1, -0.05) is 60.7 Å². The molecule has 2 nitrogen and oxygen atoms in total. The number of rotatable bonds is 2. The van der Waals surface area contributed by atoms with Crippen molar-refractivity contribution in [1.29, 1.82) is 0 Å². The lowest BCUT2D eigenvalue weighted by Crippen LogP contribution is -2.36. The Bertz CT molecular complexity index is 506. The SMILES string of the molecule is O=C1COCC1(c1ccccc1)c1ccccc1. The molecule has 0 aliphatic carbocycles. The minimum absolute atomic E-state index is 0.139. The fourth-order valence-corrected chi connectivity index (χ4v) is 2.60. The van der Waals surface area contributed by atoms with Crippen LogP contribution in [0.2, 0.25) is 0 Å². The van der Waals surface area contributed by atoms with Crippen molar-refractivity contribution in [3.8, 4) is 0 Å². The Morgan fingerprint density at radius 2 is 1.33 bits per heavy atom. The Morgan fingerprint density at radius 1 is 0.833 bits per heavy atom. The number of carbonyl (C=O) groups excluding carboxylic acids is 1. The molecule has 1 aliphatic heterocycles. The van der Waals surface area contributed by atoms with Gasteiger partial charge in [0, 0.05) is 0 Å². The van der Waals surface area contributed by atoms with Crippen molar-refractivity contribution in [2.45, 2.75) is 5.41 Å². The first-order valence-electron chi connectivity index (χ1n) is 6.06. The van der Waals surface area contributed by atoms with Crippen molar-refractivity contribution < 1.29 is 9.53 Å². The summed E-state index contributed by atoms with van der Waals surface area (Å²) in [4.78, 5) is 12.4. The summed E-state index contributed by atoms with van der Waals surface area (Å²) in [5.74, 6) is 0.139. The number of ether oxygens (including phenoxy) is 1. The van der Waals surface area contributed by atoms with Crippen LogP contribution >= 0.6 is 0 Å². The molecule has 0 atom stereocenters. The first-order chi connectivity index (χ1) is 8.84. The van der Waals surface area contributed by atoms with Crippen molar-refractivity contribution in [3.05, 3.63) is 71.8 Å². The molecule has 2 aromatic rings. The molecule has 0 unspecified atom stereocenters. The number of benzene rings is 2. The summed E-state index contributed by atoms with van der Waals surface area (Å²) in [6.07, 6.45) is 0. The molecule has 18 heavy (non-hydrogen) atoms. The minimum atomic E-state index is -0.622. The van der Waals surface area contributed by atoms with Gasteiger partial charge in [0.2, 0.25) is 0 Å². The van der Waals surface area contributed by atoms with E-state index >= 15 is 0 Å². The Labute approximate surface area is 106 Å². The third kappa shape index (κ3) is 1.57. The van der Waals surface area contributed by atoms with Crippen molar-refractivity contribution in [2.75, 3.05) is 13.2 Å². The molecule has 1 aliphatic rings. The second kappa shape index (κ2) is 4.39. The van der Waals surface area contributed by atoms with E-state index in [1.54, 1.807) is 0 Å². The van der Waals surface area contributed by atoms with Crippen LogP contribution in [0.4, 0.5) is 0 Å². The molecule has 1 saturated heterocycles. The summed E-state index contributed by atoms with van der Waals surface area (Å²) in [6.45, 7) is 0.629. The van der Waals surface area contributed by atoms with Crippen LogP contribution in [0.3, 0.4) is 0 Å². The van der Waals surface area contributed by atoms with E-state index in [2.05, 4.69) is 0 Å². The second-order valence-corrected chi connectivity index (χ2v) is 4.55. The third-order valence-electron chi connectivity index (χ3n) is 3.56. The maximum Gasteiger partial charge on any atom is 0.175 e. The van der Waals surface area contributed by atoms with E-state index in [1.165, 1.54) is 0 Å². The zero-order chi connectivity index (χ0) is 12.4. The Kier molecular flexibility index (Phi) is 2.73. The topological polar surface area (TPSA) is 26.3 Å². The van der Waals surface area contributed by atoms with Crippen molar-refractivity contribution >= 4 is 5.78 Å². The quantitative estimate of drug-likeness (QED) is 0.803. The van der Waals surface area contributed by atoms with Crippen molar-refractivity contribution in [1.82, 2.24) is 0 Å². The standard InChI is InChI=1S/C16H14O2/c17-15-11-18-12-16(15,13-7-3-1-4-8-13)14-9-5-2-6-10-14/h1-10H,11-12H2. The molecule has 0 spiro atoms. The van der Waals surface area contributed by atoms with Crippen LogP contribution in [0.5, 0.6) is 0 Å². The largest absolute Gasteiger partial charge is 0.372 e. The molecule has 2 aromatic carbocycles. The van der Waals surface area contributed by atoms with Gasteiger partial charge in [0.15, 0.2) is 5.78 Å². The van der Waals surface area contributed by atoms with Crippen LogP contribution < -0.4 is 0 Å². The van der Waals surface area contributed by atoms with Gasteiger partial charge in [-0.2, -0.15) is 0 Å². The van der Waals surface area contributed by atoms with Crippen LogP contribution in [0.1, 0.15) is 11.1 Å². The summed E-state index contributed by atoms with van der Waals surface area (Å²) in [6, 6.07) is 19.8. The van der Waals surface area contributed by atoms with Gasteiger partial charge in [-0.15, -0.1) is 0 Å².